The first-order valence-electron chi connectivity index (χ1n) is 8.27. The third-order valence-corrected chi connectivity index (χ3v) is 5.86. The largest absolute Gasteiger partial charge is 0.318 e. The molecule has 0 unspecified atom stereocenters. The summed E-state index contributed by atoms with van der Waals surface area (Å²) in [5, 5.41) is 9.92. The van der Waals surface area contributed by atoms with Crippen LogP contribution < -0.4 is 4.90 Å². The van der Waals surface area contributed by atoms with Crippen LogP contribution >= 0.6 is 22.9 Å². The average molecular weight is 373 g/mol. The van der Waals surface area contributed by atoms with Crippen molar-refractivity contribution in [3.63, 3.8) is 0 Å². The van der Waals surface area contributed by atoms with Gasteiger partial charge in [-0.05, 0) is 31.5 Å². The minimum absolute atomic E-state index is 0.702. The zero-order valence-corrected chi connectivity index (χ0v) is 16.3. The van der Waals surface area contributed by atoms with E-state index in [9.17, 15) is 0 Å². The molecule has 4 nitrogen and oxygen atoms in total. The van der Waals surface area contributed by atoms with Gasteiger partial charge in [-0.2, -0.15) is 5.10 Å². The molecule has 1 aliphatic rings. The van der Waals surface area contributed by atoms with Crippen LogP contribution in [0, 0.1) is 13.8 Å². The van der Waals surface area contributed by atoms with Crippen LogP contribution in [-0.4, -0.2) is 31.4 Å². The zero-order valence-electron chi connectivity index (χ0n) is 14.7. The summed E-state index contributed by atoms with van der Waals surface area (Å²) in [6, 6.07) is 7.90. The predicted octanol–water partition coefficient (Wildman–Crippen LogP) is 5.10. The summed E-state index contributed by atoms with van der Waals surface area (Å²) >= 11 is 7.84. The number of fused-ring (bicyclic) bond motifs is 1. The van der Waals surface area contributed by atoms with E-state index < -0.39 is 0 Å². The average Bonchev–Trinajstić information content (AvgIpc) is 2.79. The summed E-state index contributed by atoms with van der Waals surface area (Å²) in [5.74, 6) is 0.921. The molecule has 25 heavy (non-hydrogen) atoms. The molecule has 0 spiro atoms. The van der Waals surface area contributed by atoms with E-state index in [-0.39, 0.29) is 0 Å². The smallest absolute Gasteiger partial charge is 0.132 e. The number of aryl methyl sites for hydroxylation is 1. The van der Waals surface area contributed by atoms with Crippen LogP contribution in [0.15, 0.2) is 39.5 Å². The first-order chi connectivity index (χ1) is 12.1. The van der Waals surface area contributed by atoms with Gasteiger partial charge in [0.1, 0.15) is 10.8 Å². The van der Waals surface area contributed by atoms with Gasteiger partial charge < -0.3 is 4.90 Å². The summed E-state index contributed by atoms with van der Waals surface area (Å²) in [6.07, 6.45) is 0.796. The molecule has 0 atom stereocenters. The Morgan fingerprint density at radius 1 is 1.32 bits per heavy atom. The molecule has 1 aromatic heterocycles. The van der Waals surface area contributed by atoms with Crippen molar-refractivity contribution in [2.75, 3.05) is 18.0 Å². The molecule has 0 saturated carbocycles. The Morgan fingerprint density at radius 3 is 2.68 bits per heavy atom. The Kier molecular flexibility index (Phi) is 5.35. The molecule has 0 bridgehead atoms. The van der Waals surface area contributed by atoms with Gasteiger partial charge in [0.15, 0.2) is 0 Å². The predicted molar refractivity (Wildman–Crippen MR) is 110 cm³/mol. The minimum atomic E-state index is 0.702. The number of benzene rings is 1. The first-order valence-corrected chi connectivity index (χ1v) is 9.47. The Morgan fingerprint density at radius 2 is 2.04 bits per heavy atom. The number of hydrogen-bond acceptors (Lipinski definition) is 4. The minimum Gasteiger partial charge on any atom is -0.318 e. The molecule has 130 valence electrons. The van der Waals surface area contributed by atoms with E-state index in [2.05, 4.69) is 42.6 Å². The highest BCUT2D eigenvalue weighted by atomic mass is 35.5. The number of aliphatic imine (C=N–C) groups is 1. The normalized spacial score (nSPS) is 14.8. The summed E-state index contributed by atoms with van der Waals surface area (Å²) in [7, 11) is 0. The quantitative estimate of drug-likeness (QED) is 0.419. The fourth-order valence-corrected chi connectivity index (χ4v) is 4.34. The summed E-state index contributed by atoms with van der Waals surface area (Å²) in [5.41, 5.74) is 4.57. The van der Waals surface area contributed by atoms with Gasteiger partial charge in [0.25, 0.3) is 0 Å². The highest BCUT2D eigenvalue weighted by Gasteiger charge is 2.27. The Bertz CT molecular complexity index is 849. The monoisotopic (exact) mass is 372 g/mol. The number of nitrogens with zero attached hydrogens (tertiary/aromatic N) is 4. The highest BCUT2D eigenvalue weighted by Crippen LogP contribution is 2.39. The van der Waals surface area contributed by atoms with Gasteiger partial charge in [-0.1, -0.05) is 30.7 Å². The maximum Gasteiger partial charge on any atom is 0.132 e. The van der Waals surface area contributed by atoms with Crippen molar-refractivity contribution in [3.05, 3.63) is 50.9 Å². The van der Waals surface area contributed by atoms with Crippen molar-refractivity contribution in [1.29, 1.82) is 0 Å². The second-order valence-electron chi connectivity index (χ2n) is 5.86. The molecule has 3 rings (SSSR count). The van der Waals surface area contributed by atoms with Gasteiger partial charge in [-0.3, -0.25) is 4.99 Å². The number of halogens is 1. The van der Waals surface area contributed by atoms with Gasteiger partial charge >= 0.3 is 0 Å². The summed E-state index contributed by atoms with van der Waals surface area (Å²) in [4.78, 5) is 8.43. The van der Waals surface area contributed by atoms with Crippen LogP contribution in [0.1, 0.15) is 34.9 Å². The number of hydrogen-bond donors (Lipinski definition) is 0. The SMILES string of the molecule is C=N/N=C(/CC)N1CCN=C(c2ccc(Cl)cc2)c2c1sc(C)c2C. The number of anilines is 1. The zero-order chi connectivity index (χ0) is 18.0. The lowest BCUT2D eigenvalue weighted by molar-refractivity contribution is 0.935. The standard InChI is InChI=1S/C19H21ClN4S/c1-5-16(23-21-4)24-11-10-22-18(14-6-8-15(20)9-7-14)17-12(2)13(3)25-19(17)24/h6-9H,4-5,10-11H2,1-3H3/b23-16-. The molecule has 0 fully saturated rings. The van der Waals surface area contributed by atoms with E-state index in [1.54, 1.807) is 11.3 Å². The van der Waals surface area contributed by atoms with E-state index >= 15 is 0 Å². The van der Waals surface area contributed by atoms with Crippen LogP contribution in [-0.2, 0) is 0 Å². The molecule has 1 aromatic carbocycles. The lowest BCUT2D eigenvalue weighted by Crippen LogP contribution is -2.32. The highest BCUT2D eigenvalue weighted by molar-refractivity contribution is 7.17. The molecule has 0 radical (unpaired) electrons. The third-order valence-electron chi connectivity index (χ3n) is 4.37. The molecule has 0 amide bonds. The van der Waals surface area contributed by atoms with Crippen LogP contribution in [0.3, 0.4) is 0 Å². The van der Waals surface area contributed by atoms with Gasteiger partial charge in [0.05, 0.1) is 12.3 Å². The van der Waals surface area contributed by atoms with Gasteiger partial charge in [0, 0.05) is 40.7 Å². The van der Waals surface area contributed by atoms with E-state index in [0.29, 0.717) is 6.54 Å². The Balaban J connectivity index is 2.17. The molecule has 2 heterocycles. The van der Waals surface area contributed by atoms with Gasteiger partial charge in [-0.15, -0.1) is 16.4 Å². The van der Waals surface area contributed by atoms with Crippen LogP contribution in [0.25, 0.3) is 0 Å². The van der Waals surface area contributed by atoms with E-state index in [1.807, 2.05) is 24.3 Å². The Hall–Kier alpha value is -1.98. The number of rotatable bonds is 3. The molecular formula is C19H21ClN4S. The number of thiophene rings is 1. The molecular weight excluding hydrogens is 352 g/mol. The van der Waals surface area contributed by atoms with Gasteiger partial charge in [0.2, 0.25) is 0 Å². The van der Waals surface area contributed by atoms with Crippen LogP contribution in [0.5, 0.6) is 0 Å². The summed E-state index contributed by atoms with van der Waals surface area (Å²) < 4.78 is 0. The fourth-order valence-electron chi connectivity index (χ4n) is 3.01. The van der Waals surface area contributed by atoms with Crippen molar-refractivity contribution in [2.24, 2.45) is 15.2 Å². The van der Waals surface area contributed by atoms with E-state index in [0.717, 1.165) is 35.1 Å². The second-order valence-corrected chi connectivity index (χ2v) is 7.50. The number of amidine groups is 1. The second kappa shape index (κ2) is 7.50. The molecule has 1 aliphatic heterocycles. The first kappa shape index (κ1) is 17.8. The fraction of sp³-hybridized carbons (Fsp3) is 0.316. The Labute approximate surface area is 157 Å². The summed E-state index contributed by atoms with van der Waals surface area (Å²) in [6.45, 7) is 11.4. The van der Waals surface area contributed by atoms with E-state index in [4.69, 9.17) is 16.6 Å². The van der Waals surface area contributed by atoms with Crippen molar-refractivity contribution in [2.45, 2.75) is 27.2 Å². The third kappa shape index (κ3) is 3.39. The lowest BCUT2D eigenvalue weighted by atomic mass is 10.00. The van der Waals surface area contributed by atoms with Crippen molar-refractivity contribution >= 4 is 46.2 Å². The molecule has 0 saturated heterocycles. The van der Waals surface area contributed by atoms with Gasteiger partial charge in [-0.25, -0.2) is 0 Å². The van der Waals surface area contributed by atoms with Crippen LogP contribution in [0.4, 0.5) is 5.00 Å². The van der Waals surface area contributed by atoms with Crippen molar-refractivity contribution in [3.8, 4) is 0 Å². The van der Waals surface area contributed by atoms with Crippen LogP contribution in [0.2, 0.25) is 5.02 Å². The maximum atomic E-state index is 6.06. The van der Waals surface area contributed by atoms with Crippen molar-refractivity contribution in [1.82, 2.24) is 0 Å². The maximum absolute atomic E-state index is 6.06. The lowest BCUT2D eigenvalue weighted by Gasteiger charge is -2.22. The topological polar surface area (TPSA) is 40.3 Å². The molecule has 0 N–H and O–H groups in total. The van der Waals surface area contributed by atoms with Crippen molar-refractivity contribution < 1.29 is 0 Å². The molecule has 0 aliphatic carbocycles. The molecule has 2 aromatic rings. The molecule has 6 heteroatoms. The van der Waals surface area contributed by atoms with E-state index in [1.165, 1.54) is 21.0 Å².